The molecule has 2 saturated carbocycles. The number of rotatable bonds is 19. The van der Waals surface area contributed by atoms with Crippen LogP contribution in [0.4, 0.5) is 0 Å². The van der Waals surface area contributed by atoms with Crippen LogP contribution >= 0.6 is 22.7 Å². The Morgan fingerprint density at radius 2 is 1.30 bits per heavy atom. The molecule has 4 aromatic carbocycles. The zero-order valence-corrected chi connectivity index (χ0v) is 38.8. The third-order valence-electron chi connectivity index (χ3n) is 13.8. The highest BCUT2D eigenvalue weighted by molar-refractivity contribution is 7.19. The average Bonchev–Trinajstić information content (AvgIpc) is 3.91. The lowest BCUT2D eigenvalue weighted by Crippen LogP contribution is -2.49. The van der Waals surface area contributed by atoms with E-state index in [0.29, 0.717) is 51.2 Å². The fourth-order valence-electron chi connectivity index (χ4n) is 10.5. The van der Waals surface area contributed by atoms with Gasteiger partial charge in [0.2, 0.25) is 0 Å². The molecule has 1 aliphatic heterocycles. The second-order valence-electron chi connectivity index (χ2n) is 18.5. The summed E-state index contributed by atoms with van der Waals surface area (Å²) in [6, 6.07) is 29.2. The maximum Gasteiger partial charge on any atom is 0.309 e. The molecule has 336 valence electrons. The third-order valence-corrected chi connectivity index (χ3v) is 16.0. The minimum absolute atomic E-state index is 0.116. The second-order valence-corrected chi connectivity index (χ2v) is 20.8. The number of fused-ring (bicyclic) bond motifs is 2. The number of benzene rings is 4. The molecule has 64 heavy (non-hydrogen) atoms. The van der Waals surface area contributed by atoms with Crippen molar-refractivity contribution in [1.29, 1.82) is 0 Å². The largest absolute Gasteiger partial charge is 0.488 e. The molecule has 0 spiro atoms. The van der Waals surface area contributed by atoms with Crippen LogP contribution in [0, 0.1) is 5.92 Å². The molecule has 8 nitrogen and oxygen atoms in total. The first kappa shape index (κ1) is 44.5. The van der Waals surface area contributed by atoms with Crippen LogP contribution in [0.2, 0.25) is 0 Å². The smallest absolute Gasteiger partial charge is 0.309 e. The molecule has 3 fully saturated rings. The molecule has 1 saturated heterocycles. The number of nitrogens with zero attached hydrogens (tertiary/aromatic N) is 1. The van der Waals surface area contributed by atoms with Crippen LogP contribution in [-0.4, -0.2) is 46.7 Å². The number of carboxylic acids is 2. The Labute approximate surface area is 385 Å². The Morgan fingerprint density at radius 1 is 0.688 bits per heavy atom. The predicted octanol–water partition coefficient (Wildman–Crippen LogP) is 12.6. The van der Waals surface area contributed by atoms with Crippen molar-refractivity contribution in [3.63, 3.8) is 0 Å². The number of aliphatic carboxylic acids is 2. The van der Waals surface area contributed by atoms with E-state index in [4.69, 9.17) is 14.6 Å². The van der Waals surface area contributed by atoms with Gasteiger partial charge in [-0.15, -0.1) is 22.7 Å². The van der Waals surface area contributed by atoms with E-state index >= 15 is 0 Å². The second kappa shape index (κ2) is 20.6. The highest BCUT2D eigenvalue weighted by atomic mass is 32.1. The Balaban J connectivity index is 0.951. The van der Waals surface area contributed by atoms with Crippen molar-refractivity contribution in [2.24, 2.45) is 5.92 Å². The zero-order chi connectivity index (χ0) is 44.0. The van der Waals surface area contributed by atoms with E-state index in [1.807, 2.05) is 0 Å². The van der Waals surface area contributed by atoms with Crippen LogP contribution in [0.3, 0.4) is 0 Å². The van der Waals surface area contributed by atoms with E-state index < -0.39 is 11.9 Å². The Morgan fingerprint density at radius 3 is 1.95 bits per heavy atom. The maximum absolute atomic E-state index is 11.3. The fraction of sp³-hybridized carbons (Fsp3) is 0.444. The van der Waals surface area contributed by atoms with Gasteiger partial charge in [0.15, 0.2) is 0 Å². The first-order chi connectivity index (χ1) is 31.2. The lowest BCUT2D eigenvalue weighted by molar-refractivity contribution is -0.147. The molecule has 6 aromatic rings. The first-order valence-electron chi connectivity index (χ1n) is 23.7. The SMILES string of the molecule is CCc1cc(OCc2cc3cc(CN4CC(C(=O)O)C4)ccc3s2)cc(Cc2cc(OCc3cc4cc(CNCCC(=O)O)ccc4s3)ccc2C2CCCCC2)c1C1CCCCC1. The number of ether oxygens (including phenoxy) is 2. The first-order valence-corrected chi connectivity index (χ1v) is 25.3. The van der Waals surface area contributed by atoms with Crippen molar-refractivity contribution in [3.8, 4) is 11.5 Å². The van der Waals surface area contributed by atoms with Crippen LogP contribution < -0.4 is 14.8 Å². The molecule has 0 unspecified atom stereocenters. The summed E-state index contributed by atoms with van der Waals surface area (Å²) in [5.41, 5.74) is 9.62. The molecule has 0 atom stereocenters. The molecular formula is C54H62N2O6S2. The van der Waals surface area contributed by atoms with Gasteiger partial charge in [-0.2, -0.15) is 0 Å². The molecule has 0 amide bonds. The molecular weight excluding hydrogens is 837 g/mol. The lowest BCUT2D eigenvalue weighted by atomic mass is 9.77. The van der Waals surface area contributed by atoms with Gasteiger partial charge in [-0.1, -0.05) is 63.6 Å². The Hall–Kier alpha value is -4.74. The molecule has 3 heterocycles. The number of likely N-dealkylation sites (tertiary alicyclic amines) is 1. The summed E-state index contributed by atoms with van der Waals surface area (Å²) in [6.45, 7) is 6.44. The minimum Gasteiger partial charge on any atom is -0.488 e. The molecule has 0 bridgehead atoms. The van der Waals surface area contributed by atoms with Crippen LogP contribution in [0.5, 0.6) is 11.5 Å². The number of hydrogen-bond acceptors (Lipinski definition) is 8. The van der Waals surface area contributed by atoms with Crippen molar-refractivity contribution >= 4 is 54.8 Å². The van der Waals surface area contributed by atoms with Crippen molar-refractivity contribution in [3.05, 3.63) is 128 Å². The number of carbonyl (C=O) groups is 2. The number of nitrogens with one attached hydrogen (secondary N) is 1. The van der Waals surface area contributed by atoms with Crippen molar-refractivity contribution in [2.75, 3.05) is 19.6 Å². The average molecular weight is 899 g/mol. The summed E-state index contributed by atoms with van der Waals surface area (Å²) in [5, 5.41) is 23.9. The summed E-state index contributed by atoms with van der Waals surface area (Å²) >= 11 is 3.56. The zero-order valence-electron chi connectivity index (χ0n) is 37.2. The predicted molar refractivity (Wildman–Crippen MR) is 259 cm³/mol. The summed E-state index contributed by atoms with van der Waals surface area (Å²) < 4.78 is 15.9. The van der Waals surface area contributed by atoms with Gasteiger partial charge < -0.3 is 25.0 Å². The summed E-state index contributed by atoms with van der Waals surface area (Å²) in [6.07, 6.45) is 14.7. The van der Waals surface area contributed by atoms with Gasteiger partial charge in [-0.3, -0.25) is 14.5 Å². The van der Waals surface area contributed by atoms with Crippen LogP contribution in [0.15, 0.2) is 78.9 Å². The Kier molecular flexibility index (Phi) is 14.3. The number of carboxylic acid groups (broad SMARTS) is 2. The molecule has 0 radical (unpaired) electrons. The topological polar surface area (TPSA) is 108 Å². The summed E-state index contributed by atoms with van der Waals surface area (Å²) in [5.74, 6) is 1.28. The molecule has 3 aliphatic rings. The van der Waals surface area contributed by atoms with E-state index in [-0.39, 0.29) is 12.3 Å². The quantitative estimate of drug-likeness (QED) is 0.0690. The van der Waals surface area contributed by atoms with Gasteiger partial charge in [-0.05, 0) is 161 Å². The Bertz CT molecular complexity index is 2580. The minimum atomic E-state index is -0.787. The molecule has 2 aromatic heterocycles. The van der Waals surface area contributed by atoms with Crippen molar-refractivity contribution < 1.29 is 29.3 Å². The standard InChI is InChI=1S/C54H62N2O6S2/c1-2-37-24-46(62-34-48-28-42-22-36(14-18-51(42)64-48)30-56-31-44(32-56)54(59)60)26-43(53(37)39-11-7-4-8-12-39)23-40-25-45(15-16-49(40)38-9-5-3-6-10-38)61-33-47-27-41-21-35(13-17-50(41)63-47)29-55-20-19-52(57)58/h13-18,21-22,24-28,38-39,44,55H,2-12,19-20,23,29-34H2,1H3,(H,57,58)(H,59,60). The number of hydrogen-bond donors (Lipinski definition) is 3. The van der Waals surface area contributed by atoms with Gasteiger partial charge in [0.1, 0.15) is 24.7 Å². The van der Waals surface area contributed by atoms with Gasteiger partial charge >= 0.3 is 11.9 Å². The van der Waals surface area contributed by atoms with E-state index in [2.05, 4.69) is 96.0 Å². The van der Waals surface area contributed by atoms with E-state index in [9.17, 15) is 14.7 Å². The third kappa shape index (κ3) is 10.8. The van der Waals surface area contributed by atoms with Crippen LogP contribution in [0.25, 0.3) is 20.2 Å². The van der Waals surface area contributed by atoms with Crippen molar-refractivity contribution in [1.82, 2.24) is 10.2 Å². The highest BCUT2D eigenvalue weighted by Crippen LogP contribution is 2.42. The van der Waals surface area contributed by atoms with E-state index in [0.717, 1.165) is 36.4 Å². The highest BCUT2D eigenvalue weighted by Gasteiger charge is 2.32. The summed E-state index contributed by atoms with van der Waals surface area (Å²) in [4.78, 5) is 26.8. The fourth-order valence-corrected chi connectivity index (χ4v) is 12.4. The van der Waals surface area contributed by atoms with Gasteiger partial charge in [0.25, 0.3) is 0 Å². The molecule has 9 rings (SSSR count). The van der Waals surface area contributed by atoms with Crippen LogP contribution in [0.1, 0.15) is 138 Å². The monoisotopic (exact) mass is 898 g/mol. The number of thiophene rings is 2. The normalized spacial score (nSPS) is 16.6. The van der Waals surface area contributed by atoms with Crippen molar-refractivity contribution in [2.45, 2.75) is 129 Å². The molecule has 10 heteroatoms. The van der Waals surface area contributed by atoms with Crippen LogP contribution in [-0.2, 0) is 48.7 Å². The molecule has 2 aliphatic carbocycles. The molecule has 3 N–H and O–H groups in total. The lowest BCUT2D eigenvalue weighted by Gasteiger charge is -2.36. The van der Waals surface area contributed by atoms with E-state index in [1.165, 1.54) is 122 Å². The maximum atomic E-state index is 11.3. The number of aryl methyl sites for hydroxylation is 1. The van der Waals surface area contributed by atoms with E-state index in [1.54, 1.807) is 28.2 Å². The summed E-state index contributed by atoms with van der Waals surface area (Å²) in [7, 11) is 0. The van der Waals surface area contributed by atoms with Gasteiger partial charge in [0, 0.05) is 51.9 Å². The van der Waals surface area contributed by atoms with Gasteiger partial charge in [-0.25, -0.2) is 0 Å². The van der Waals surface area contributed by atoms with Gasteiger partial charge in [0.05, 0.1) is 12.3 Å².